The van der Waals surface area contributed by atoms with Crippen LogP contribution in [0.5, 0.6) is 0 Å². The van der Waals surface area contributed by atoms with Crippen LogP contribution >= 0.6 is 0 Å². The fourth-order valence-corrected chi connectivity index (χ4v) is 3.56. The van der Waals surface area contributed by atoms with Crippen molar-refractivity contribution in [2.75, 3.05) is 6.54 Å². The standard InChI is InChI=1S/C22H20N2O5/c25-19(23-18(22(28)29)14-6-7-14)15-8-9-16-17(12-15)21(27)24(20(16)26)11-10-13-4-2-1-3-5-13/h1-5,8-9,12,14,18H,6-7,10-11H2,(H,23,25)(H,28,29). The van der Waals surface area contributed by atoms with Gasteiger partial charge in [0.25, 0.3) is 17.7 Å². The number of carbonyl (C=O) groups excluding carboxylic acids is 3. The van der Waals surface area contributed by atoms with E-state index in [0.717, 1.165) is 18.4 Å². The van der Waals surface area contributed by atoms with Crippen molar-refractivity contribution in [1.29, 1.82) is 0 Å². The number of carboxylic acid groups (broad SMARTS) is 1. The zero-order valence-corrected chi connectivity index (χ0v) is 15.6. The number of hydrogen-bond donors (Lipinski definition) is 2. The summed E-state index contributed by atoms with van der Waals surface area (Å²) in [4.78, 5) is 50.3. The molecule has 2 aliphatic rings. The van der Waals surface area contributed by atoms with Crippen molar-refractivity contribution in [1.82, 2.24) is 10.2 Å². The van der Waals surface area contributed by atoms with Gasteiger partial charge in [-0.25, -0.2) is 4.79 Å². The van der Waals surface area contributed by atoms with Crippen LogP contribution in [0.25, 0.3) is 0 Å². The first kappa shape index (κ1) is 18.9. The molecule has 1 saturated carbocycles. The Morgan fingerprint density at radius 2 is 1.72 bits per heavy atom. The van der Waals surface area contributed by atoms with Crippen LogP contribution < -0.4 is 5.32 Å². The van der Waals surface area contributed by atoms with Gasteiger partial charge in [-0.3, -0.25) is 19.3 Å². The normalized spacial score (nSPS) is 16.5. The molecule has 0 bridgehead atoms. The third-order valence-electron chi connectivity index (χ3n) is 5.35. The average molecular weight is 392 g/mol. The number of nitrogens with one attached hydrogen (secondary N) is 1. The Hall–Kier alpha value is -3.48. The van der Waals surface area contributed by atoms with Gasteiger partial charge in [0.1, 0.15) is 6.04 Å². The van der Waals surface area contributed by atoms with Crippen molar-refractivity contribution >= 4 is 23.7 Å². The van der Waals surface area contributed by atoms with E-state index >= 15 is 0 Å². The van der Waals surface area contributed by atoms with E-state index in [9.17, 15) is 24.3 Å². The number of carbonyl (C=O) groups is 4. The first-order valence-corrected chi connectivity index (χ1v) is 9.53. The molecule has 1 unspecified atom stereocenters. The summed E-state index contributed by atoms with van der Waals surface area (Å²) in [5.41, 5.74) is 1.62. The minimum absolute atomic E-state index is 0.0532. The molecule has 1 heterocycles. The third-order valence-corrected chi connectivity index (χ3v) is 5.35. The van der Waals surface area contributed by atoms with Crippen molar-refractivity contribution in [3.63, 3.8) is 0 Å². The Morgan fingerprint density at radius 1 is 1.03 bits per heavy atom. The number of hydrogen-bond acceptors (Lipinski definition) is 4. The molecule has 0 aromatic heterocycles. The molecule has 2 aromatic carbocycles. The summed E-state index contributed by atoms with van der Waals surface area (Å²) in [5.74, 6) is -2.50. The Labute approximate surface area is 167 Å². The summed E-state index contributed by atoms with van der Waals surface area (Å²) in [5, 5.41) is 11.8. The number of carboxylic acids is 1. The maximum Gasteiger partial charge on any atom is 0.326 e. The molecule has 7 heteroatoms. The first-order chi connectivity index (χ1) is 14.0. The Bertz CT molecular complexity index is 998. The van der Waals surface area contributed by atoms with Crippen LogP contribution in [0, 0.1) is 5.92 Å². The molecule has 7 nitrogen and oxygen atoms in total. The summed E-state index contributed by atoms with van der Waals surface area (Å²) < 4.78 is 0. The monoisotopic (exact) mass is 392 g/mol. The lowest BCUT2D eigenvalue weighted by Gasteiger charge is -2.14. The average Bonchev–Trinajstić information content (AvgIpc) is 3.53. The van der Waals surface area contributed by atoms with Crippen molar-refractivity contribution in [2.45, 2.75) is 25.3 Å². The maximum atomic E-state index is 12.7. The molecule has 0 spiro atoms. The van der Waals surface area contributed by atoms with Gasteiger partial charge in [0.2, 0.25) is 0 Å². The van der Waals surface area contributed by atoms with Gasteiger partial charge >= 0.3 is 5.97 Å². The van der Waals surface area contributed by atoms with E-state index in [2.05, 4.69) is 5.32 Å². The van der Waals surface area contributed by atoms with Crippen LogP contribution in [0.4, 0.5) is 0 Å². The van der Waals surface area contributed by atoms with E-state index in [1.807, 2.05) is 30.3 Å². The number of fused-ring (bicyclic) bond motifs is 1. The van der Waals surface area contributed by atoms with Gasteiger partial charge in [-0.1, -0.05) is 30.3 Å². The van der Waals surface area contributed by atoms with E-state index in [1.165, 1.54) is 23.1 Å². The Balaban J connectivity index is 1.49. The second-order valence-electron chi connectivity index (χ2n) is 7.38. The quantitative estimate of drug-likeness (QED) is 0.703. The van der Waals surface area contributed by atoms with E-state index in [-0.39, 0.29) is 35.1 Å². The molecular weight excluding hydrogens is 372 g/mol. The number of imide groups is 1. The number of nitrogens with zero attached hydrogens (tertiary/aromatic N) is 1. The van der Waals surface area contributed by atoms with Crippen molar-refractivity contribution in [3.05, 3.63) is 70.8 Å². The molecule has 2 aromatic rings. The van der Waals surface area contributed by atoms with Crippen LogP contribution in [0.1, 0.15) is 49.5 Å². The summed E-state index contributed by atoms with van der Waals surface area (Å²) in [6.45, 7) is 0.251. The minimum atomic E-state index is -1.07. The molecule has 1 aliphatic heterocycles. The lowest BCUT2D eigenvalue weighted by molar-refractivity contribution is -0.139. The Kier molecular flexibility index (Phi) is 4.88. The van der Waals surface area contributed by atoms with Gasteiger partial charge in [0, 0.05) is 12.1 Å². The molecule has 2 N–H and O–H groups in total. The van der Waals surface area contributed by atoms with Crippen LogP contribution in [-0.4, -0.2) is 46.3 Å². The number of aliphatic carboxylic acids is 1. The predicted molar refractivity (Wildman–Crippen MR) is 104 cm³/mol. The summed E-state index contributed by atoms with van der Waals surface area (Å²) >= 11 is 0. The highest BCUT2D eigenvalue weighted by Gasteiger charge is 2.38. The third kappa shape index (κ3) is 3.76. The number of benzene rings is 2. The second-order valence-corrected chi connectivity index (χ2v) is 7.38. The molecule has 29 heavy (non-hydrogen) atoms. The SMILES string of the molecule is O=C(NC(C(=O)O)C1CC1)c1ccc2c(c1)C(=O)N(CCc1ccccc1)C2=O. The predicted octanol–water partition coefficient (Wildman–Crippen LogP) is 2.12. The maximum absolute atomic E-state index is 12.7. The summed E-state index contributed by atoms with van der Waals surface area (Å²) in [6.07, 6.45) is 2.08. The molecule has 1 atom stereocenters. The van der Waals surface area contributed by atoms with Crippen LogP contribution in [0.2, 0.25) is 0 Å². The van der Waals surface area contributed by atoms with Crippen molar-refractivity contribution < 1.29 is 24.3 Å². The Morgan fingerprint density at radius 3 is 2.38 bits per heavy atom. The summed E-state index contributed by atoms with van der Waals surface area (Å²) in [7, 11) is 0. The van der Waals surface area contributed by atoms with Crippen molar-refractivity contribution in [3.8, 4) is 0 Å². The fourth-order valence-electron chi connectivity index (χ4n) is 3.56. The van der Waals surface area contributed by atoms with Gasteiger partial charge in [0.15, 0.2) is 0 Å². The van der Waals surface area contributed by atoms with E-state index in [4.69, 9.17) is 0 Å². The molecule has 1 fully saturated rings. The lowest BCUT2D eigenvalue weighted by atomic mass is 10.0. The number of rotatable bonds is 7. The van der Waals surface area contributed by atoms with Crippen LogP contribution in [0.3, 0.4) is 0 Å². The van der Waals surface area contributed by atoms with Gasteiger partial charge in [-0.2, -0.15) is 0 Å². The topological polar surface area (TPSA) is 104 Å². The zero-order valence-electron chi connectivity index (χ0n) is 15.6. The molecule has 1 aliphatic carbocycles. The van der Waals surface area contributed by atoms with Gasteiger partial charge in [-0.05, 0) is 48.9 Å². The molecule has 3 amide bonds. The molecular formula is C22H20N2O5. The minimum Gasteiger partial charge on any atom is -0.480 e. The highest BCUT2D eigenvalue weighted by Crippen LogP contribution is 2.33. The molecule has 0 radical (unpaired) electrons. The summed E-state index contributed by atoms with van der Waals surface area (Å²) in [6, 6.07) is 12.9. The highest BCUT2D eigenvalue weighted by molar-refractivity contribution is 6.22. The zero-order chi connectivity index (χ0) is 20.5. The van der Waals surface area contributed by atoms with Gasteiger partial charge in [0.05, 0.1) is 11.1 Å². The largest absolute Gasteiger partial charge is 0.480 e. The van der Waals surface area contributed by atoms with Gasteiger partial charge < -0.3 is 10.4 Å². The van der Waals surface area contributed by atoms with Crippen LogP contribution in [-0.2, 0) is 11.2 Å². The van der Waals surface area contributed by atoms with E-state index < -0.39 is 23.8 Å². The lowest BCUT2D eigenvalue weighted by Crippen LogP contribution is -2.42. The van der Waals surface area contributed by atoms with E-state index in [0.29, 0.717) is 6.42 Å². The second kappa shape index (κ2) is 7.50. The van der Waals surface area contributed by atoms with Crippen molar-refractivity contribution in [2.24, 2.45) is 5.92 Å². The first-order valence-electron chi connectivity index (χ1n) is 9.53. The smallest absolute Gasteiger partial charge is 0.326 e. The molecule has 4 rings (SSSR count). The highest BCUT2D eigenvalue weighted by atomic mass is 16.4. The van der Waals surface area contributed by atoms with E-state index in [1.54, 1.807) is 0 Å². The van der Waals surface area contributed by atoms with Crippen LogP contribution in [0.15, 0.2) is 48.5 Å². The molecule has 148 valence electrons. The number of amides is 3. The molecule has 0 saturated heterocycles. The van der Waals surface area contributed by atoms with Gasteiger partial charge in [-0.15, -0.1) is 0 Å². The fraction of sp³-hybridized carbons (Fsp3) is 0.273.